The van der Waals surface area contributed by atoms with E-state index >= 15 is 0 Å². The van der Waals surface area contributed by atoms with Crippen molar-refractivity contribution in [2.45, 2.75) is 65.5 Å². The minimum atomic E-state index is 0.000937. The molecule has 0 N–H and O–H groups in total. The first-order valence-corrected chi connectivity index (χ1v) is 13.5. The first-order valence-electron chi connectivity index (χ1n) is 13.5. The average molecular weight is 519 g/mol. The van der Waals surface area contributed by atoms with Gasteiger partial charge in [-0.3, -0.25) is 19.5 Å². The number of pyridine rings is 1. The lowest BCUT2D eigenvalue weighted by Gasteiger charge is -2.31. The topological polar surface area (TPSA) is 95.7 Å². The van der Waals surface area contributed by atoms with Crippen LogP contribution in [-0.2, 0) is 29.1 Å². The number of benzene rings is 1. The maximum Gasteiger partial charge on any atom is 0.227 e. The second kappa shape index (κ2) is 13.3. The maximum atomic E-state index is 13.5. The molecule has 0 aliphatic carbocycles. The van der Waals surface area contributed by atoms with Gasteiger partial charge in [-0.25, -0.2) is 0 Å². The summed E-state index contributed by atoms with van der Waals surface area (Å²) in [6, 6.07) is 13.9. The van der Waals surface area contributed by atoms with Gasteiger partial charge >= 0.3 is 0 Å². The normalized spacial score (nSPS) is 15.6. The summed E-state index contributed by atoms with van der Waals surface area (Å²) in [5.41, 5.74) is 2.86. The molecule has 9 nitrogen and oxygen atoms in total. The van der Waals surface area contributed by atoms with Crippen molar-refractivity contribution in [1.29, 1.82) is 0 Å². The molecule has 3 aromatic rings. The Bertz CT molecular complexity index is 1200. The molecular formula is C29H38N6O3. The fourth-order valence-corrected chi connectivity index (χ4v) is 4.76. The third-order valence-corrected chi connectivity index (χ3v) is 6.80. The number of aromatic nitrogens is 3. The van der Waals surface area contributed by atoms with E-state index in [4.69, 9.17) is 4.52 Å². The molecule has 0 radical (unpaired) electrons. The van der Waals surface area contributed by atoms with Gasteiger partial charge in [-0.2, -0.15) is 4.98 Å². The smallest absolute Gasteiger partial charge is 0.227 e. The molecule has 9 heteroatoms. The predicted molar refractivity (Wildman–Crippen MR) is 145 cm³/mol. The van der Waals surface area contributed by atoms with E-state index in [0.29, 0.717) is 37.8 Å². The van der Waals surface area contributed by atoms with Crippen LogP contribution in [-0.4, -0.2) is 62.9 Å². The summed E-state index contributed by atoms with van der Waals surface area (Å²) in [5.74, 6) is 1.35. The Hall–Kier alpha value is -3.59. The van der Waals surface area contributed by atoms with E-state index in [1.807, 2.05) is 72.3 Å². The van der Waals surface area contributed by atoms with Gasteiger partial charge in [-0.05, 0) is 36.6 Å². The molecule has 0 spiro atoms. The van der Waals surface area contributed by atoms with Gasteiger partial charge in [0.15, 0.2) is 5.82 Å². The molecule has 3 heterocycles. The third-order valence-electron chi connectivity index (χ3n) is 6.80. The molecule has 2 amide bonds. The van der Waals surface area contributed by atoms with Crippen molar-refractivity contribution in [3.05, 3.63) is 71.6 Å². The van der Waals surface area contributed by atoms with Crippen molar-refractivity contribution in [3.8, 4) is 0 Å². The summed E-state index contributed by atoms with van der Waals surface area (Å²) in [5, 5.41) is 4.01. The zero-order valence-electron chi connectivity index (χ0n) is 22.7. The Morgan fingerprint density at radius 2 is 1.76 bits per heavy atom. The highest BCUT2D eigenvalue weighted by molar-refractivity contribution is 5.92. The molecule has 4 rings (SSSR count). The van der Waals surface area contributed by atoms with Crippen LogP contribution in [0.1, 0.15) is 68.9 Å². The summed E-state index contributed by atoms with van der Waals surface area (Å²) in [6.07, 6.45) is 4.20. The summed E-state index contributed by atoms with van der Waals surface area (Å²) >= 11 is 0. The van der Waals surface area contributed by atoms with E-state index in [2.05, 4.69) is 20.0 Å². The number of carbonyl (C=O) groups excluding carboxylic acids is 2. The van der Waals surface area contributed by atoms with Gasteiger partial charge in [0.2, 0.25) is 17.7 Å². The predicted octanol–water partition coefficient (Wildman–Crippen LogP) is 4.20. The van der Waals surface area contributed by atoms with E-state index in [1.54, 1.807) is 6.92 Å². The van der Waals surface area contributed by atoms with Crippen LogP contribution in [0.5, 0.6) is 0 Å². The number of carbonyl (C=O) groups is 2. The number of hydrogen-bond donors (Lipinski definition) is 0. The molecule has 0 fully saturated rings. The Morgan fingerprint density at radius 3 is 2.47 bits per heavy atom. The monoisotopic (exact) mass is 518 g/mol. The molecule has 1 aromatic carbocycles. The van der Waals surface area contributed by atoms with Crippen LogP contribution in [0.25, 0.3) is 0 Å². The van der Waals surface area contributed by atoms with Crippen LogP contribution in [0, 0.1) is 0 Å². The quantitative estimate of drug-likeness (QED) is 0.483. The lowest BCUT2D eigenvalue weighted by Crippen LogP contribution is -2.38. The van der Waals surface area contributed by atoms with Crippen molar-refractivity contribution in [1.82, 2.24) is 24.9 Å². The second-order valence-electron chi connectivity index (χ2n) is 10.1. The second-order valence-corrected chi connectivity index (χ2v) is 10.1. The minimum absolute atomic E-state index is 0.000937. The SMILES string of the molecule is CC(=O)N1CCCN(Cc2ccccn2)CCCN(C(=O)CCc2nc(C(C)C)no2)Cc2ccccc21. The number of rotatable bonds is 6. The Kier molecular flexibility index (Phi) is 9.59. The molecule has 0 atom stereocenters. The lowest BCUT2D eigenvalue weighted by molar-refractivity contribution is -0.132. The highest BCUT2D eigenvalue weighted by Gasteiger charge is 2.22. The van der Waals surface area contributed by atoms with Crippen LogP contribution in [0.15, 0.2) is 53.2 Å². The van der Waals surface area contributed by atoms with Crippen molar-refractivity contribution < 1.29 is 14.1 Å². The first-order chi connectivity index (χ1) is 18.4. The van der Waals surface area contributed by atoms with Crippen LogP contribution in [0.3, 0.4) is 0 Å². The zero-order valence-corrected chi connectivity index (χ0v) is 22.7. The number of anilines is 1. The number of hydrogen-bond acceptors (Lipinski definition) is 7. The van der Waals surface area contributed by atoms with Crippen molar-refractivity contribution in [2.75, 3.05) is 31.1 Å². The zero-order chi connectivity index (χ0) is 26.9. The van der Waals surface area contributed by atoms with E-state index < -0.39 is 0 Å². The van der Waals surface area contributed by atoms with E-state index in [-0.39, 0.29) is 24.2 Å². The Morgan fingerprint density at radius 1 is 1.00 bits per heavy atom. The Labute approximate surface area is 224 Å². The van der Waals surface area contributed by atoms with E-state index in [1.165, 1.54) is 0 Å². The molecule has 0 saturated heterocycles. The number of nitrogens with zero attached hydrogens (tertiary/aromatic N) is 6. The fourth-order valence-electron chi connectivity index (χ4n) is 4.76. The van der Waals surface area contributed by atoms with Gasteiger partial charge in [-0.1, -0.05) is 43.3 Å². The molecule has 202 valence electrons. The largest absolute Gasteiger partial charge is 0.339 e. The van der Waals surface area contributed by atoms with Crippen LogP contribution < -0.4 is 4.90 Å². The van der Waals surface area contributed by atoms with E-state index in [9.17, 15) is 9.59 Å². The van der Waals surface area contributed by atoms with Crippen molar-refractivity contribution in [2.24, 2.45) is 0 Å². The third kappa shape index (κ3) is 7.47. The molecule has 0 saturated carbocycles. The van der Waals surface area contributed by atoms with Crippen LogP contribution in [0.2, 0.25) is 0 Å². The highest BCUT2D eigenvalue weighted by Crippen LogP contribution is 2.24. The van der Waals surface area contributed by atoms with Gasteiger partial charge in [0.25, 0.3) is 0 Å². The number of amides is 2. The summed E-state index contributed by atoms with van der Waals surface area (Å²) in [7, 11) is 0. The van der Waals surface area contributed by atoms with E-state index in [0.717, 1.165) is 49.4 Å². The van der Waals surface area contributed by atoms with Crippen molar-refractivity contribution in [3.63, 3.8) is 0 Å². The number of aryl methyl sites for hydroxylation is 1. The van der Waals surface area contributed by atoms with Gasteiger partial charge < -0.3 is 14.3 Å². The van der Waals surface area contributed by atoms with Gasteiger partial charge in [0.1, 0.15) is 0 Å². The fraction of sp³-hybridized carbons (Fsp3) is 0.483. The van der Waals surface area contributed by atoms with Crippen LogP contribution >= 0.6 is 0 Å². The standard InChI is InChI=1S/C29H38N6O3/c1-22(2)29-31-27(38-32-29)13-14-28(37)34-18-8-16-33(21-25-11-6-7-15-30-25)17-9-19-35(23(3)36)26-12-5-4-10-24(26)20-34/h4-7,10-12,15,22H,8-9,13-14,16-21H2,1-3H3. The highest BCUT2D eigenvalue weighted by atomic mass is 16.5. The van der Waals surface area contributed by atoms with Gasteiger partial charge in [0, 0.05) is 76.8 Å². The lowest BCUT2D eigenvalue weighted by atomic mass is 10.1. The molecule has 0 bridgehead atoms. The minimum Gasteiger partial charge on any atom is -0.339 e. The number of para-hydroxylation sites is 1. The molecule has 1 aliphatic heterocycles. The maximum absolute atomic E-state index is 13.5. The van der Waals surface area contributed by atoms with Gasteiger partial charge in [-0.15, -0.1) is 0 Å². The average Bonchev–Trinajstić information content (AvgIpc) is 3.39. The van der Waals surface area contributed by atoms with Gasteiger partial charge in [0.05, 0.1) is 5.69 Å². The van der Waals surface area contributed by atoms with Crippen LogP contribution in [0.4, 0.5) is 5.69 Å². The number of fused-ring (bicyclic) bond motifs is 1. The summed E-state index contributed by atoms with van der Waals surface area (Å²) in [6.45, 7) is 9.72. The molecular weight excluding hydrogens is 480 g/mol. The summed E-state index contributed by atoms with van der Waals surface area (Å²) in [4.78, 5) is 41.1. The first kappa shape index (κ1) is 27.4. The molecule has 0 unspecified atom stereocenters. The summed E-state index contributed by atoms with van der Waals surface area (Å²) < 4.78 is 5.35. The molecule has 2 aromatic heterocycles. The molecule has 38 heavy (non-hydrogen) atoms. The Balaban J connectivity index is 1.53. The van der Waals surface area contributed by atoms with Crippen molar-refractivity contribution >= 4 is 17.5 Å². The molecule has 1 aliphatic rings.